The fourth-order valence-corrected chi connectivity index (χ4v) is 1.03. The highest BCUT2D eigenvalue weighted by atomic mass is 16.5. The van der Waals surface area contributed by atoms with Crippen LogP contribution < -0.4 is 0 Å². The van der Waals surface area contributed by atoms with E-state index in [1.165, 1.54) is 7.11 Å². The predicted octanol–water partition coefficient (Wildman–Crippen LogP) is 1.14. The van der Waals surface area contributed by atoms with Crippen LogP contribution in [0.25, 0.3) is 0 Å². The average Bonchev–Trinajstić information content (AvgIpc) is 2.02. The van der Waals surface area contributed by atoms with Gasteiger partial charge < -0.3 is 9.64 Å². The van der Waals surface area contributed by atoms with Crippen molar-refractivity contribution in [3.8, 4) is 0 Å². The van der Waals surface area contributed by atoms with Crippen LogP contribution in [0.3, 0.4) is 0 Å². The molecule has 3 nitrogen and oxygen atoms in total. The minimum absolute atomic E-state index is 0.0370. The summed E-state index contributed by atoms with van der Waals surface area (Å²) in [6, 6.07) is 0. The molecule has 0 N–H and O–H groups in total. The number of nitrogens with zero attached hydrogens (tertiary/aromatic N) is 1. The molecule has 0 amide bonds. The molecule has 3 heteroatoms. The van der Waals surface area contributed by atoms with Gasteiger partial charge in [-0.05, 0) is 33.5 Å². The van der Waals surface area contributed by atoms with E-state index in [0.29, 0.717) is 0 Å². The molecule has 0 rings (SSSR count). The summed E-state index contributed by atoms with van der Waals surface area (Å²) >= 11 is 0. The van der Waals surface area contributed by atoms with Crippen LogP contribution in [-0.2, 0) is 9.53 Å². The topological polar surface area (TPSA) is 29.5 Å². The summed E-state index contributed by atoms with van der Waals surface area (Å²) in [5.41, 5.74) is 0. The van der Waals surface area contributed by atoms with Crippen LogP contribution in [0.15, 0.2) is 0 Å². The molecule has 0 radical (unpaired) electrons. The van der Waals surface area contributed by atoms with Crippen molar-refractivity contribution in [1.29, 1.82) is 0 Å². The van der Waals surface area contributed by atoms with Gasteiger partial charge in [0.25, 0.3) is 0 Å². The zero-order chi connectivity index (χ0) is 9.56. The van der Waals surface area contributed by atoms with Crippen LogP contribution in [0, 0.1) is 5.92 Å². The highest BCUT2D eigenvalue weighted by Gasteiger charge is 2.11. The van der Waals surface area contributed by atoms with Gasteiger partial charge in [0, 0.05) is 0 Å². The molecular weight excluding hydrogens is 154 g/mol. The maximum Gasteiger partial charge on any atom is 0.308 e. The minimum atomic E-state index is -0.103. The number of carbonyl (C=O) groups excluding carboxylic acids is 1. The van der Waals surface area contributed by atoms with Crippen molar-refractivity contribution in [2.75, 3.05) is 27.7 Å². The molecule has 1 atom stereocenters. The Labute approximate surface area is 74.7 Å². The van der Waals surface area contributed by atoms with Gasteiger partial charge in [-0.1, -0.05) is 6.92 Å². The third-order valence-electron chi connectivity index (χ3n) is 1.85. The van der Waals surface area contributed by atoms with E-state index in [2.05, 4.69) is 9.64 Å². The van der Waals surface area contributed by atoms with Crippen LogP contribution in [0.4, 0.5) is 0 Å². The Kier molecular flexibility index (Phi) is 5.72. The number of methoxy groups -OCH3 is 1. The molecular formula is C9H19NO2. The minimum Gasteiger partial charge on any atom is -0.469 e. The number of hydrogen-bond donors (Lipinski definition) is 0. The predicted molar refractivity (Wildman–Crippen MR) is 49.0 cm³/mol. The van der Waals surface area contributed by atoms with Gasteiger partial charge in [-0.2, -0.15) is 0 Å². The molecule has 0 saturated carbocycles. The largest absolute Gasteiger partial charge is 0.469 e. The molecule has 0 saturated heterocycles. The monoisotopic (exact) mass is 173 g/mol. The van der Waals surface area contributed by atoms with E-state index in [4.69, 9.17) is 0 Å². The maximum absolute atomic E-state index is 11.0. The first-order valence-corrected chi connectivity index (χ1v) is 4.30. The fourth-order valence-electron chi connectivity index (χ4n) is 1.03. The summed E-state index contributed by atoms with van der Waals surface area (Å²) in [7, 11) is 5.50. The zero-order valence-electron chi connectivity index (χ0n) is 8.46. The summed E-state index contributed by atoms with van der Waals surface area (Å²) in [6.45, 7) is 2.93. The van der Waals surface area contributed by atoms with Crippen LogP contribution in [0.2, 0.25) is 0 Å². The molecule has 0 aromatic heterocycles. The smallest absolute Gasteiger partial charge is 0.308 e. The molecule has 0 aliphatic carbocycles. The molecule has 0 aliphatic rings. The highest BCUT2D eigenvalue weighted by molar-refractivity contribution is 5.71. The Bertz CT molecular complexity index is 134. The quantitative estimate of drug-likeness (QED) is 0.584. The summed E-state index contributed by atoms with van der Waals surface area (Å²) in [5.74, 6) is -0.0660. The number of ether oxygens (including phenoxy) is 1. The Balaban J connectivity index is 3.43. The third kappa shape index (κ3) is 5.13. The van der Waals surface area contributed by atoms with Gasteiger partial charge in [-0.3, -0.25) is 4.79 Å². The summed E-state index contributed by atoms with van der Waals surface area (Å²) in [4.78, 5) is 13.1. The zero-order valence-corrected chi connectivity index (χ0v) is 8.46. The molecule has 0 bridgehead atoms. The SMILES string of the molecule is COC(=O)[C@@H](C)CCCN(C)C. The second-order valence-electron chi connectivity index (χ2n) is 3.37. The molecule has 0 unspecified atom stereocenters. The van der Waals surface area contributed by atoms with Gasteiger partial charge in [-0.15, -0.1) is 0 Å². The van der Waals surface area contributed by atoms with Gasteiger partial charge in [0.2, 0.25) is 0 Å². The molecule has 12 heavy (non-hydrogen) atoms. The van der Waals surface area contributed by atoms with Crippen molar-refractivity contribution in [2.24, 2.45) is 5.92 Å². The lowest BCUT2D eigenvalue weighted by Crippen LogP contribution is -2.17. The van der Waals surface area contributed by atoms with E-state index >= 15 is 0 Å². The van der Waals surface area contributed by atoms with Crippen molar-refractivity contribution < 1.29 is 9.53 Å². The summed E-state index contributed by atoms with van der Waals surface area (Å²) in [5, 5.41) is 0. The van der Waals surface area contributed by atoms with Crippen LogP contribution in [0.5, 0.6) is 0 Å². The van der Waals surface area contributed by atoms with Gasteiger partial charge in [0.1, 0.15) is 0 Å². The molecule has 0 aliphatic heterocycles. The van der Waals surface area contributed by atoms with Crippen LogP contribution in [-0.4, -0.2) is 38.6 Å². The van der Waals surface area contributed by atoms with Crippen molar-refractivity contribution in [3.05, 3.63) is 0 Å². The number of rotatable bonds is 5. The number of hydrogen-bond acceptors (Lipinski definition) is 3. The summed E-state index contributed by atoms with van der Waals surface area (Å²) in [6.07, 6.45) is 1.95. The number of esters is 1. The average molecular weight is 173 g/mol. The van der Waals surface area contributed by atoms with Gasteiger partial charge in [0.05, 0.1) is 13.0 Å². The van der Waals surface area contributed by atoms with Crippen molar-refractivity contribution in [3.63, 3.8) is 0 Å². The summed E-state index contributed by atoms with van der Waals surface area (Å²) < 4.78 is 4.62. The molecule has 0 heterocycles. The van der Waals surface area contributed by atoms with Gasteiger partial charge in [0.15, 0.2) is 0 Å². The Morgan fingerprint density at radius 1 is 1.50 bits per heavy atom. The van der Waals surface area contributed by atoms with Gasteiger partial charge in [-0.25, -0.2) is 0 Å². The van der Waals surface area contributed by atoms with E-state index in [1.54, 1.807) is 0 Å². The van der Waals surface area contributed by atoms with Crippen molar-refractivity contribution in [2.45, 2.75) is 19.8 Å². The van der Waals surface area contributed by atoms with Gasteiger partial charge >= 0.3 is 5.97 Å². The third-order valence-corrected chi connectivity index (χ3v) is 1.85. The van der Waals surface area contributed by atoms with E-state index in [0.717, 1.165) is 19.4 Å². The lowest BCUT2D eigenvalue weighted by Gasteiger charge is -2.11. The second kappa shape index (κ2) is 6.00. The molecule has 0 aromatic carbocycles. The Hall–Kier alpha value is -0.570. The molecule has 0 fully saturated rings. The highest BCUT2D eigenvalue weighted by Crippen LogP contribution is 2.06. The first-order valence-electron chi connectivity index (χ1n) is 4.30. The van der Waals surface area contributed by atoms with Crippen LogP contribution in [0.1, 0.15) is 19.8 Å². The second-order valence-corrected chi connectivity index (χ2v) is 3.37. The number of carbonyl (C=O) groups is 1. The molecule has 0 aromatic rings. The molecule has 0 spiro atoms. The van der Waals surface area contributed by atoms with E-state index in [1.807, 2.05) is 21.0 Å². The Morgan fingerprint density at radius 2 is 2.08 bits per heavy atom. The normalized spacial score (nSPS) is 13.1. The standard InChI is InChI=1S/C9H19NO2/c1-8(9(11)12-4)6-5-7-10(2)3/h8H,5-7H2,1-4H3/t8-/m0/s1. The fraction of sp³-hybridized carbons (Fsp3) is 0.889. The Morgan fingerprint density at radius 3 is 2.50 bits per heavy atom. The molecule has 72 valence electrons. The van der Waals surface area contributed by atoms with E-state index in [-0.39, 0.29) is 11.9 Å². The lowest BCUT2D eigenvalue weighted by molar-refractivity contribution is -0.145. The first-order chi connectivity index (χ1) is 5.57. The lowest BCUT2D eigenvalue weighted by atomic mass is 10.1. The van der Waals surface area contributed by atoms with Crippen molar-refractivity contribution in [1.82, 2.24) is 4.90 Å². The van der Waals surface area contributed by atoms with E-state index < -0.39 is 0 Å². The van der Waals surface area contributed by atoms with Crippen molar-refractivity contribution >= 4 is 5.97 Å². The first kappa shape index (κ1) is 11.4. The maximum atomic E-state index is 11.0. The van der Waals surface area contributed by atoms with E-state index in [9.17, 15) is 4.79 Å². The van der Waals surface area contributed by atoms with Crippen LogP contribution >= 0.6 is 0 Å².